The molecule has 1 N–H and O–H groups in total. The summed E-state index contributed by atoms with van der Waals surface area (Å²) in [6.45, 7) is 5.95. The zero-order valence-electron chi connectivity index (χ0n) is 20.7. The monoisotopic (exact) mass is 484 g/mol. The number of carbonyl (C=O) groups excluding carboxylic acids is 1. The van der Waals surface area contributed by atoms with Crippen LogP contribution in [0.1, 0.15) is 61.8 Å². The molecule has 1 saturated carbocycles. The number of hydrogen-bond donors (Lipinski definition) is 1. The SMILES string of the molecule is CC(=O)[O-].CCCc1nc2c(C)cccc2n1Cc1ccc2c(c1)nc(C1CC1)n2CC(=O)O.[Na+]. The van der Waals surface area contributed by atoms with E-state index < -0.39 is 11.9 Å². The van der Waals surface area contributed by atoms with Crippen molar-refractivity contribution >= 4 is 34.0 Å². The molecule has 0 aliphatic heterocycles. The third-order valence-electron chi connectivity index (χ3n) is 5.95. The van der Waals surface area contributed by atoms with Gasteiger partial charge in [0.05, 0.1) is 22.1 Å². The maximum atomic E-state index is 11.4. The van der Waals surface area contributed by atoms with Gasteiger partial charge in [-0.15, -0.1) is 0 Å². The van der Waals surface area contributed by atoms with Crippen LogP contribution in [0.4, 0.5) is 0 Å². The Morgan fingerprint density at radius 1 is 1.11 bits per heavy atom. The normalized spacial score (nSPS) is 12.8. The topological polar surface area (TPSA) is 113 Å². The molecule has 0 saturated heterocycles. The summed E-state index contributed by atoms with van der Waals surface area (Å²) in [5.41, 5.74) is 6.37. The first-order valence-electron chi connectivity index (χ1n) is 11.6. The molecule has 4 aromatic rings. The fraction of sp³-hybridized carbons (Fsp3) is 0.385. The van der Waals surface area contributed by atoms with E-state index in [9.17, 15) is 9.90 Å². The third-order valence-corrected chi connectivity index (χ3v) is 5.95. The maximum Gasteiger partial charge on any atom is 1.00 e. The van der Waals surface area contributed by atoms with Gasteiger partial charge in [-0.05, 0) is 62.4 Å². The first-order valence-corrected chi connectivity index (χ1v) is 11.6. The average molecular weight is 485 g/mol. The van der Waals surface area contributed by atoms with Crippen LogP contribution in [-0.2, 0) is 29.1 Å². The second-order valence-electron chi connectivity index (χ2n) is 8.85. The second kappa shape index (κ2) is 11.4. The third kappa shape index (κ3) is 6.12. The number of carboxylic acid groups (broad SMARTS) is 2. The molecule has 2 aromatic carbocycles. The van der Waals surface area contributed by atoms with Gasteiger partial charge in [0.25, 0.3) is 0 Å². The van der Waals surface area contributed by atoms with Gasteiger partial charge in [-0.25, -0.2) is 9.97 Å². The first kappa shape index (κ1) is 26.9. The minimum atomic E-state index is -1.08. The van der Waals surface area contributed by atoms with Gasteiger partial charge in [-0.1, -0.05) is 25.1 Å². The molecule has 9 heteroatoms. The molecule has 2 aromatic heterocycles. The van der Waals surface area contributed by atoms with Crippen LogP contribution in [0.5, 0.6) is 0 Å². The van der Waals surface area contributed by atoms with Gasteiger partial charge in [0.2, 0.25) is 0 Å². The van der Waals surface area contributed by atoms with Gasteiger partial charge < -0.3 is 24.1 Å². The number of aliphatic carboxylic acids is 2. The number of nitrogens with zero attached hydrogens (tertiary/aromatic N) is 4. The Kier molecular flexibility index (Phi) is 8.74. The number of aryl methyl sites for hydroxylation is 2. The number of imidazole rings is 2. The molecule has 5 rings (SSSR count). The van der Waals surface area contributed by atoms with E-state index in [0.717, 1.165) is 78.4 Å². The van der Waals surface area contributed by atoms with E-state index >= 15 is 0 Å². The van der Waals surface area contributed by atoms with Gasteiger partial charge in [-0.3, -0.25) is 4.79 Å². The van der Waals surface area contributed by atoms with Crippen molar-refractivity contribution in [1.29, 1.82) is 0 Å². The summed E-state index contributed by atoms with van der Waals surface area (Å²) in [4.78, 5) is 30.0. The van der Waals surface area contributed by atoms with Crippen molar-refractivity contribution in [2.24, 2.45) is 0 Å². The molecule has 178 valence electrons. The average Bonchev–Trinajstić information content (AvgIpc) is 3.47. The van der Waals surface area contributed by atoms with E-state index in [0.29, 0.717) is 5.92 Å². The van der Waals surface area contributed by atoms with Crippen LogP contribution in [0, 0.1) is 6.92 Å². The Balaban J connectivity index is 0.000000638. The van der Waals surface area contributed by atoms with Gasteiger partial charge in [0.1, 0.15) is 18.2 Å². The van der Waals surface area contributed by atoms with E-state index in [4.69, 9.17) is 19.9 Å². The smallest absolute Gasteiger partial charge is 0.550 e. The van der Waals surface area contributed by atoms with Crippen LogP contribution in [0.2, 0.25) is 0 Å². The quantitative estimate of drug-likeness (QED) is 0.381. The Morgan fingerprint density at radius 2 is 1.83 bits per heavy atom. The maximum absolute atomic E-state index is 11.4. The van der Waals surface area contributed by atoms with Crippen molar-refractivity contribution in [2.75, 3.05) is 0 Å². The molecule has 0 bridgehead atoms. The molecular formula is C26H29N4NaO4. The van der Waals surface area contributed by atoms with Crippen molar-refractivity contribution < 1.29 is 49.4 Å². The molecule has 0 atom stereocenters. The van der Waals surface area contributed by atoms with E-state index in [1.54, 1.807) is 0 Å². The van der Waals surface area contributed by atoms with Crippen molar-refractivity contribution in [3.05, 3.63) is 59.2 Å². The van der Waals surface area contributed by atoms with Crippen molar-refractivity contribution in [3.8, 4) is 0 Å². The van der Waals surface area contributed by atoms with Crippen molar-refractivity contribution in [2.45, 2.75) is 65.5 Å². The number of fused-ring (bicyclic) bond motifs is 2. The predicted molar refractivity (Wildman–Crippen MR) is 128 cm³/mol. The fourth-order valence-corrected chi connectivity index (χ4v) is 4.36. The molecule has 35 heavy (non-hydrogen) atoms. The van der Waals surface area contributed by atoms with Crippen LogP contribution >= 0.6 is 0 Å². The molecule has 0 radical (unpaired) electrons. The van der Waals surface area contributed by atoms with Crippen molar-refractivity contribution in [1.82, 2.24) is 19.1 Å². The fourth-order valence-electron chi connectivity index (χ4n) is 4.36. The van der Waals surface area contributed by atoms with Crippen LogP contribution in [0.15, 0.2) is 36.4 Å². The standard InChI is InChI=1S/C24H26N4O2.C2H4O2.Na/c1-3-5-21-26-23-15(2)6-4-7-20(23)27(21)13-16-8-11-19-18(12-16)25-24(17-9-10-17)28(19)14-22(29)30;1-2(3)4;/h4,6-8,11-12,17H,3,5,9-10,13-14H2,1-2H3,(H,29,30);1H3,(H,3,4);/q;;+1/p-1. The zero-order valence-corrected chi connectivity index (χ0v) is 22.7. The first-order chi connectivity index (χ1) is 16.3. The summed E-state index contributed by atoms with van der Waals surface area (Å²) in [5, 5.41) is 18.2. The second-order valence-corrected chi connectivity index (χ2v) is 8.85. The zero-order chi connectivity index (χ0) is 24.4. The summed E-state index contributed by atoms with van der Waals surface area (Å²) in [5.74, 6) is 0.513. The summed E-state index contributed by atoms with van der Waals surface area (Å²) >= 11 is 0. The van der Waals surface area contributed by atoms with Gasteiger partial charge >= 0.3 is 35.5 Å². The van der Waals surface area contributed by atoms with Gasteiger partial charge in [-0.2, -0.15) is 0 Å². The minimum Gasteiger partial charge on any atom is -0.550 e. The predicted octanol–water partition coefficient (Wildman–Crippen LogP) is 0.417. The summed E-state index contributed by atoms with van der Waals surface area (Å²) < 4.78 is 4.18. The number of para-hydroxylation sites is 1. The molecule has 1 fully saturated rings. The Hall–Kier alpha value is -2.68. The Morgan fingerprint density at radius 3 is 2.46 bits per heavy atom. The van der Waals surface area contributed by atoms with Crippen LogP contribution in [0.3, 0.4) is 0 Å². The summed E-state index contributed by atoms with van der Waals surface area (Å²) in [6, 6.07) is 12.6. The Bertz CT molecular complexity index is 1370. The van der Waals surface area contributed by atoms with Crippen molar-refractivity contribution in [3.63, 3.8) is 0 Å². The summed E-state index contributed by atoms with van der Waals surface area (Å²) in [7, 11) is 0. The molecule has 8 nitrogen and oxygen atoms in total. The number of hydrogen-bond acceptors (Lipinski definition) is 5. The number of benzene rings is 2. The number of carboxylic acids is 2. The number of rotatable bonds is 7. The molecule has 0 amide bonds. The van der Waals surface area contributed by atoms with E-state index in [-0.39, 0.29) is 36.1 Å². The van der Waals surface area contributed by atoms with Crippen LogP contribution in [-0.4, -0.2) is 36.1 Å². The summed E-state index contributed by atoms with van der Waals surface area (Å²) in [6.07, 6.45) is 4.17. The van der Waals surface area contributed by atoms with Crippen LogP contribution in [0.25, 0.3) is 22.1 Å². The molecule has 1 aliphatic rings. The van der Waals surface area contributed by atoms with Gasteiger partial charge in [0.15, 0.2) is 0 Å². The van der Waals surface area contributed by atoms with Crippen LogP contribution < -0.4 is 34.7 Å². The van der Waals surface area contributed by atoms with E-state index in [1.165, 1.54) is 5.56 Å². The minimum absolute atomic E-state index is 0. The van der Waals surface area contributed by atoms with Gasteiger partial charge in [0, 0.05) is 24.9 Å². The molecule has 2 heterocycles. The molecule has 0 unspecified atom stereocenters. The largest absolute Gasteiger partial charge is 1.00 e. The molecule has 1 aliphatic carbocycles. The van der Waals surface area contributed by atoms with E-state index in [1.807, 2.05) is 10.6 Å². The molecule has 0 spiro atoms. The molecular weight excluding hydrogens is 455 g/mol. The number of carbonyl (C=O) groups is 2. The van der Waals surface area contributed by atoms with E-state index in [2.05, 4.69) is 48.7 Å². The Labute approximate surface area is 226 Å². The number of aromatic nitrogens is 4.